The number of amides is 1. The van der Waals surface area contributed by atoms with E-state index in [1.807, 2.05) is 60.0 Å². The minimum absolute atomic E-state index is 0.125. The molecule has 6 nitrogen and oxygen atoms in total. The lowest BCUT2D eigenvalue weighted by atomic mass is 10.1. The van der Waals surface area contributed by atoms with Gasteiger partial charge in [-0.15, -0.1) is 0 Å². The summed E-state index contributed by atoms with van der Waals surface area (Å²) in [5.41, 5.74) is 2.46. The number of rotatable bonds is 9. The lowest BCUT2D eigenvalue weighted by Crippen LogP contribution is -2.40. The Labute approximate surface area is 192 Å². The van der Waals surface area contributed by atoms with Crippen molar-refractivity contribution in [2.75, 3.05) is 13.7 Å². The Hall–Kier alpha value is -3.71. The first-order chi connectivity index (χ1) is 16.0. The summed E-state index contributed by atoms with van der Waals surface area (Å²) in [7, 11) is 1.61. The molecule has 0 bridgehead atoms. The zero-order chi connectivity index (χ0) is 23.2. The van der Waals surface area contributed by atoms with Crippen molar-refractivity contribution in [2.45, 2.75) is 26.1 Å². The highest BCUT2D eigenvalue weighted by molar-refractivity contribution is 5.93. The van der Waals surface area contributed by atoms with Gasteiger partial charge in [-0.3, -0.25) is 4.79 Å². The van der Waals surface area contributed by atoms with Crippen molar-refractivity contribution in [2.24, 2.45) is 0 Å². The van der Waals surface area contributed by atoms with Crippen LogP contribution in [0.15, 0.2) is 79.1 Å². The second-order valence-corrected chi connectivity index (χ2v) is 7.86. The predicted octanol–water partition coefficient (Wildman–Crippen LogP) is 4.73. The first-order valence-electron chi connectivity index (χ1n) is 10.7. The summed E-state index contributed by atoms with van der Waals surface area (Å²) in [6, 6.07) is 19.5. The molecule has 0 saturated heterocycles. The third-order valence-corrected chi connectivity index (χ3v) is 5.39. The molecular weight excluding hydrogens is 421 g/mol. The molecule has 0 fully saturated rings. The summed E-state index contributed by atoms with van der Waals surface area (Å²) in [6.45, 7) is 2.81. The van der Waals surface area contributed by atoms with Gasteiger partial charge in [0.15, 0.2) is 0 Å². The fraction of sp³-hybridized carbons (Fsp3) is 0.231. The number of ether oxygens (including phenoxy) is 2. The zero-order valence-electron chi connectivity index (χ0n) is 18.6. The molecule has 0 unspecified atom stereocenters. The van der Waals surface area contributed by atoms with Crippen LogP contribution < -0.4 is 4.74 Å². The maximum Gasteiger partial charge on any atom is 0.274 e. The molecule has 2 aromatic carbocycles. The summed E-state index contributed by atoms with van der Waals surface area (Å²) >= 11 is 0. The van der Waals surface area contributed by atoms with Crippen LogP contribution in [0.25, 0.3) is 5.65 Å². The lowest BCUT2D eigenvalue weighted by Gasteiger charge is -2.28. The average molecular weight is 448 g/mol. The largest absolute Gasteiger partial charge is 0.489 e. The molecule has 0 spiro atoms. The van der Waals surface area contributed by atoms with Gasteiger partial charge in [0.2, 0.25) is 0 Å². The van der Waals surface area contributed by atoms with E-state index in [0.717, 1.165) is 5.56 Å². The Balaban J connectivity index is 1.53. The quantitative estimate of drug-likeness (QED) is 0.372. The van der Waals surface area contributed by atoms with Crippen LogP contribution in [0.5, 0.6) is 5.75 Å². The molecule has 2 aromatic heterocycles. The van der Waals surface area contributed by atoms with Gasteiger partial charge in [0.1, 0.15) is 29.5 Å². The Bertz CT molecular complexity index is 1210. The highest BCUT2D eigenvalue weighted by Crippen LogP contribution is 2.20. The first kappa shape index (κ1) is 22.5. The van der Waals surface area contributed by atoms with E-state index >= 15 is 0 Å². The fourth-order valence-corrected chi connectivity index (χ4v) is 3.65. The molecule has 0 N–H and O–H groups in total. The van der Waals surface area contributed by atoms with Gasteiger partial charge in [-0.2, -0.15) is 0 Å². The second kappa shape index (κ2) is 10.3. The molecule has 0 aliphatic rings. The molecule has 0 radical (unpaired) electrons. The van der Waals surface area contributed by atoms with Gasteiger partial charge in [-0.1, -0.05) is 36.4 Å². The molecular formula is C26H26FN3O3. The smallest absolute Gasteiger partial charge is 0.274 e. The van der Waals surface area contributed by atoms with Crippen LogP contribution in [0.3, 0.4) is 0 Å². The van der Waals surface area contributed by atoms with Crippen molar-refractivity contribution < 1.29 is 18.7 Å². The van der Waals surface area contributed by atoms with E-state index in [0.29, 0.717) is 35.8 Å². The van der Waals surface area contributed by atoms with Gasteiger partial charge in [-0.05, 0) is 42.8 Å². The SMILES string of the molecule is COC[C@H](C)N(Cc1cccc(OCc2ccccc2F)c1)C(=O)c1cn2ccccc2n1. The van der Waals surface area contributed by atoms with Crippen molar-refractivity contribution in [1.29, 1.82) is 0 Å². The predicted molar refractivity (Wildman–Crippen MR) is 124 cm³/mol. The van der Waals surface area contributed by atoms with E-state index in [1.165, 1.54) is 6.07 Å². The summed E-state index contributed by atoms with van der Waals surface area (Å²) in [5, 5.41) is 0. The Kier molecular flexibility index (Phi) is 7.00. The van der Waals surface area contributed by atoms with Crippen LogP contribution >= 0.6 is 0 Å². The van der Waals surface area contributed by atoms with Gasteiger partial charge in [0, 0.05) is 31.6 Å². The molecule has 0 saturated carbocycles. The number of hydrogen-bond acceptors (Lipinski definition) is 4. The number of fused-ring (bicyclic) bond motifs is 1. The highest BCUT2D eigenvalue weighted by atomic mass is 19.1. The van der Waals surface area contributed by atoms with Gasteiger partial charge < -0.3 is 18.8 Å². The summed E-state index contributed by atoms with van der Waals surface area (Å²) in [6.07, 6.45) is 3.59. The Morgan fingerprint density at radius 1 is 1.12 bits per heavy atom. The van der Waals surface area contributed by atoms with E-state index in [1.54, 1.807) is 36.4 Å². The minimum Gasteiger partial charge on any atom is -0.489 e. The normalized spacial score (nSPS) is 12.0. The maximum atomic E-state index is 13.9. The number of nitrogens with zero attached hydrogens (tertiary/aromatic N) is 3. The lowest BCUT2D eigenvalue weighted by molar-refractivity contribution is 0.0537. The number of imidazole rings is 1. The minimum atomic E-state index is -0.300. The molecule has 4 rings (SSSR count). The van der Waals surface area contributed by atoms with Crippen molar-refractivity contribution in [3.05, 3.63) is 102 Å². The number of methoxy groups -OCH3 is 1. The fourth-order valence-electron chi connectivity index (χ4n) is 3.65. The van der Waals surface area contributed by atoms with Crippen molar-refractivity contribution >= 4 is 11.6 Å². The number of hydrogen-bond donors (Lipinski definition) is 0. The maximum absolute atomic E-state index is 13.9. The van der Waals surface area contributed by atoms with E-state index in [4.69, 9.17) is 9.47 Å². The molecule has 33 heavy (non-hydrogen) atoms. The number of halogens is 1. The Morgan fingerprint density at radius 2 is 1.94 bits per heavy atom. The van der Waals surface area contributed by atoms with Gasteiger partial charge in [-0.25, -0.2) is 9.37 Å². The monoisotopic (exact) mass is 447 g/mol. The first-order valence-corrected chi connectivity index (χ1v) is 10.7. The zero-order valence-corrected chi connectivity index (χ0v) is 18.6. The average Bonchev–Trinajstić information content (AvgIpc) is 3.26. The van der Waals surface area contributed by atoms with Gasteiger partial charge >= 0.3 is 0 Å². The number of carbonyl (C=O) groups excluding carboxylic acids is 1. The number of benzene rings is 2. The van der Waals surface area contributed by atoms with Crippen LogP contribution in [-0.4, -0.2) is 40.0 Å². The van der Waals surface area contributed by atoms with E-state index in [-0.39, 0.29) is 24.4 Å². The van der Waals surface area contributed by atoms with Gasteiger partial charge in [0.05, 0.1) is 12.6 Å². The van der Waals surface area contributed by atoms with Crippen molar-refractivity contribution in [1.82, 2.24) is 14.3 Å². The number of carbonyl (C=O) groups is 1. The third-order valence-electron chi connectivity index (χ3n) is 5.39. The second-order valence-electron chi connectivity index (χ2n) is 7.86. The molecule has 0 aliphatic heterocycles. The van der Waals surface area contributed by atoms with E-state index < -0.39 is 0 Å². The number of aromatic nitrogens is 2. The van der Waals surface area contributed by atoms with Crippen LogP contribution in [-0.2, 0) is 17.9 Å². The van der Waals surface area contributed by atoms with Crippen molar-refractivity contribution in [3.8, 4) is 5.75 Å². The van der Waals surface area contributed by atoms with Crippen LogP contribution in [0, 0.1) is 5.82 Å². The van der Waals surface area contributed by atoms with Crippen LogP contribution in [0.4, 0.5) is 4.39 Å². The third kappa shape index (κ3) is 5.38. The van der Waals surface area contributed by atoms with Crippen LogP contribution in [0.2, 0.25) is 0 Å². The molecule has 1 atom stereocenters. The van der Waals surface area contributed by atoms with Gasteiger partial charge in [0.25, 0.3) is 5.91 Å². The summed E-state index contributed by atoms with van der Waals surface area (Å²) < 4.78 is 26.8. The molecule has 170 valence electrons. The van der Waals surface area contributed by atoms with Crippen LogP contribution in [0.1, 0.15) is 28.5 Å². The Morgan fingerprint density at radius 3 is 2.73 bits per heavy atom. The van der Waals surface area contributed by atoms with E-state index in [9.17, 15) is 9.18 Å². The van der Waals surface area contributed by atoms with Crippen molar-refractivity contribution in [3.63, 3.8) is 0 Å². The topological polar surface area (TPSA) is 56.1 Å². The molecule has 7 heteroatoms. The standard InChI is InChI=1S/C26H26FN3O3/c1-19(17-32-2)30(26(31)24-16-29-13-6-5-12-25(29)28-24)15-20-8-7-10-22(14-20)33-18-21-9-3-4-11-23(21)27/h3-14,16,19H,15,17-18H2,1-2H3/t19-/m0/s1. The summed E-state index contributed by atoms with van der Waals surface area (Å²) in [5.74, 6) is 0.127. The highest BCUT2D eigenvalue weighted by Gasteiger charge is 2.24. The molecule has 2 heterocycles. The summed E-state index contributed by atoms with van der Waals surface area (Å²) in [4.78, 5) is 19.6. The number of pyridine rings is 1. The molecule has 4 aromatic rings. The van der Waals surface area contributed by atoms with E-state index in [2.05, 4.69) is 4.98 Å². The molecule has 0 aliphatic carbocycles. The molecule has 1 amide bonds.